The van der Waals surface area contributed by atoms with Gasteiger partial charge >= 0.3 is 6.03 Å². The minimum atomic E-state index is -0.990. The highest BCUT2D eigenvalue weighted by molar-refractivity contribution is 5.89. The lowest BCUT2D eigenvalue weighted by Gasteiger charge is -2.08. The minimum absolute atomic E-state index is 0.214. The summed E-state index contributed by atoms with van der Waals surface area (Å²) in [7, 11) is 0. The van der Waals surface area contributed by atoms with E-state index in [-0.39, 0.29) is 5.69 Å². The van der Waals surface area contributed by atoms with Crippen molar-refractivity contribution in [2.45, 2.75) is 19.3 Å². The van der Waals surface area contributed by atoms with E-state index in [1.165, 1.54) is 18.9 Å². The molecule has 2 amide bonds. The summed E-state index contributed by atoms with van der Waals surface area (Å²) in [5.41, 5.74) is 0.214. The van der Waals surface area contributed by atoms with Crippen molar-refractivity contribution in [3.05, 3.63) is 29.8 Å². The number of carbonyl (C=O) groups excluding carboxylic acids is 1. The van der Waals surface area contributed by atoms with Gasteiger partial charge in [-0.3, -0.25) is 0 Å². The summed E-state index contributed by atoms with van der Waals surface area (Å²) in [5.74, 6) is -1.19. The molecule has 1 aromatic carbocycles. The zero-order chi connectivity index (χ0) is 14.4. The fourth-order valence-corrected chi connectivity index (χ4v) is 1.66. The molecular weight excluding hydrogens is 266 g/mol. The second kappa shape index (κ2) is 7.19. The lowest BCUT2D eigenvalue weighted by Crippen LogP contribution is -2.30. The molecule has 0 saturated heterocycles. The number of urea groups is 1. The van der Waals surface area contributed by atoms with Crippen LogP contribution >= 0.6 is 0 Å². The van der Waals surface area contributed by atoms with Crippen molar-refractivity contribution in [2.24, 2.45) is 5.92 Å². The van der Waals surface area contributed by atoms with Crippen LogP contribution in [0.1, 0.15) is 19.3 Å². The number of hydrogen-bond donors (Lipinski definition) is 2. The molecule has 0 aliphatic heterocycles. The summed E-state index contributed by atoms with van der Waals surface area (Å²) >= 11 is 0. The molecule has 1 fully saturated rings. The van der Waals surface area contributed by atoms with Crippen LogP contribution in [-0.2, 0) is 4.74 Å². The molecule has 0 atom stereocenters. The second-order valence-electron chi connectivity index (χ2n) is 4.88. The van der Waals surface area contributed by atoms with Gasteiger partial charge in [-0.05, 0) is 37.3 Å². The van der Waals surface area contributed by atoms with Gasteiger partial charge in [0.1, 0.15) is 0 Å². The summed E-state index contributed by atoms with van der Waals surface area (Å²) in [6.45, 7) is 1.89. The third kappa shape index (κ3) is 5.13. The number of amides is 2. The molecule has 0 radical (unpaired) electrons. The molecule has 2 rings (SSSR count). The molecule has 1 aliphatic carbocycles. The number of hydrogen-bond acceptors (Lipinski definition) is 2. The van der Waals surface area contributed by atoms with Crippen LogP contribution in [0, 0.1) is 17.6 Å². The summed E-state index contributed by atoms with van der Waals surface area (Å²) < 4.78 is 31.1. The highest BCUT2D eigenvalue weighted by atomic mass is 19.2. The molecule has 6 heteroatoms. The first-order valence-electron chi connectivity index (χ1n) is 6.73. The number of nitrogens with one attached hydrogen (secondary N) is 2. The van der Waals surface area contributed by atoms with Crippen LogP contribution in [0.2, 0.25) is 0 Å². The fourth-order valence-electron chi connectivity index (χ4n) is 1.66. The summed E-state index contributed by atoms with van der Waals surface area (Å²) in [6.07, 6.45) is 3.24. The molecule has 110 valence electrons. The SMILES string of the molecule is O=C(NCCCOCC1CC1)Nc1ccc(F)c(F)c1. The van der Waals surface area contributed by atoms with Crippen molar-refractivity contribution in [1.29, 1.82) is 0 Å². The van der Waals surface area contributed by atoms with Gasteiger partial charge in [-0.1, -0.05) is 0 Å². The Morgan fingerprint density at radius 2 is 2.10 bits per heavy atom. The van der Waals surface area contributed by atoms with Crippen molar-refractivity contribution >= 4 is 11.7 Å². The summed E-state index contributed by atoms with van der Waals surface area (Å²) in [4.78, 5) is 11.5. The van der Waals surface area contributed by atoms with E-state index in [1.807, 2.05) is 0 Å². The predicted molar refractivity (Wildman–Crippen MR) is 71.5 cm³/mol. The quantitative estimate of drug-likeness (QED) is 0.756. The van der Waals surface area contributed by atoms with E-state index < -0.39 is 17.7 Å². The van der Waals surface area contributed by atoms with Crippen LogP contribution in [0.3, 0.4) is 0 Å². The summed E-state index contributed by atoms with van der Waals surface area (Å²) in [6, 6.07) is 2.76. The van der Waals surface area contributed by atoms with Crippen LogP contribution < -0.4 is 10.6 Å². The maximum atomic E-state index is 12.9. The van der Waals surface area contributed by atoms with Crippen LogP contribution in [0.15, 0.2) is 18.2 Å². The highest BCUT2D eigenvalue weighted by Crippen LogP contribution is 2.28. The van der Waals surface area contributed by atoms with Crippen molar-refractivity contribution < 1.29 is 18.3 Å². The summed E-state index contributed by atoms with van der Waals surface area (Å²) in [5, 5.41) is 5.05. The zero-order valence-electron chi connectivity index (χ0n) is 11.1. The van der Waals surface area contributed by atoms with Gasteiger partial charge in [0.15, 0.2) is 11.6 Å². The minimum Gasteiger partial charge on any atom is -0.381 e. The zero-order valence-corrected chi connectivity index (χ0v) is 11.1. The van der Waals surface area contributed by atoms with Gasteiger partial charge < -0.3 is 15.4 Å². The molecule has 1 saturated carbocycles. The Morgan fingerprint density at radius 1 is 1.30 bits per heavy atom. The van der Waals surface area contributed by atoms with Crippen LogP contribution in [0.25, 0.3) is 0 Å². The maximum Gasteiger partial charge on any atom is 0.319 e. The average Bonchev–Trinajstić information content (AvgIpc) is 3.22. The number of carbonyl (C=O) groups is 1. The van der Waals surface area contributed by atoms with Gasteiger partial charge in [-0.25, -0.2) is 13.6 Å². The van der Waals surface area contributed by atoms with Gasteiger partial charge in [0.25, 0.3) is 0 Å². The molecule has 1 aromatic rings. The van der Waals surface area contributed by atoms with Crippen LogP contribution in [-0.4, -0.2) is 25.8 Å². The van der Waals surface area contributed by atoms with Gasteiger partial charge in [-0.15, -0.1) is 0 Å². The van der Waals surface area contributed by atoms with Gasteiger partial charge in [0, 0.05) is 31.5 Å². The molecule has 20 heavy (non-hydrogen) atoms. The monoisotopic (exact) mass is 284 g/mol. The Balaban J connectivity index is 1.58. The number of halogens is 2. The Hall–Kier alpha value is -1.69. The second-order valence-corrected chi connectivity index (χ2v) is 4.88. The normalized spacial score (nSPS) is 14.1. The maximum absolute atomic E-state index is 12.9. The molecule has 0 bridgehead atoms. The standard InChI is InChI=1S/C14H18F2N2O2/c15-12-5-4-11(8-13(12)16)18-14(19)17-6-1-7-20-9-10-2-3-10/h4-5,8,10H,1-3,6-7,9H2,(H2,17,18,19). The lowest BCUT2D eigenvalue weighted by atomic mass is 10.3. The molecule has 0 spiro atoms. The topological polar surface area (TPSA) is 50.4 Å². The predicted octanol–water partition coefficient (Wildman–Crippen LogP) is 2.90. The van der Waals surface area contributed by atoms with E-state index in [2.05, 4.69) is 10.6 Å². The van der Waals surface area contributed by atoms with Crippen molar-refractivity contribution in [3.63, 3.8) is 0 Å². The fraction of sp³-hybridized carbons (Fsp3) is 0.500. The van der Waals surface area contributed by atoms with Crippen LogP contribution in [0.4, 0.5) is 19.3 Å². The van der Waals surface area contributed by atoms with Crippen LogP contribution in [0.5, 0.6) is 0 Å². The molecule has 1 aliphatic rings. The highest BCUT2D eigenvalue weighted by Gasteiger charge is 2.20. The number of benzene rings is 1. The Labute approximate surface area is 116 Å². The average molecular weight is 284 g/mol. The first-order chi connectivity index (χ1) is 9.65. The molecular formula is C14H18F2N2O2. The number of anilines is 1. The molecule has 2 N–H and O–H groups in total. The van der Waals surface area contributed by atoms with E-state index in [0.717, 1.165) is 31.1 Å². The van der Waals surface area contributed by atoms with Crippen molar-refractivity contribution in [2.75, 3.05) is 25.1 Å². The van der Waals surface area contributed by atoms with E-state index >= 15 is 0 Å². The van der Waals surface area contributed by atoms with E-state index in [1.54, 1.807) is 0 Å². The van der Waals surface area contributed by atoms with Gasteiger partial charge in [0.05, 0.1) is 0 Å². The number of ether oxygens (including phenoxy) is 1. The molecule has 0 unspecified atom stereocenters. The van der Waals surface area contributed by atoms with E-state index in [4.69, 9.17) is 4.74 Å². The Kier molecular flexibility index (Phi) is 5.29. The van der Waals surface area contributed by atoms with Gasteiger partial charge in [-0.2, -0.15) is 0 Å². The van der Waals surface area contributed by atoms with Crippen molar-refractivity contribution in [1.82, 2.24) is 5.32 Å². The molecule has 0 heterocycles. The molecule has 4 nitrogen and oxygen atoms in total. The first-order valence-corrected chi connectivity index (χ1v) is 6.73. The molecule has 0 aromatic heterocycles. The first kappa shape index (κ1) is 14.7. The van der Waals surface area contributed by atoms with E-state index in [0.29, 0.717) is 13.2 Å². The smallest absolute Gasteiger partial charge is 0.319 e. The lowest BCUT2D eigenvalue weighted by molar-refractivity contribution is 0.122. The third-order valence-corrected chi connectivity index (χ3v) is 2.98. The third-order valence-electron chi connectivity index (χ3n) is 2.98. The van der Waals surface area contributed by atoms with Gasteiger partial charge in [0.2, 0.25) is 0 Å². The Morgan fingerprint density at radius 3 is 2.80 bits per heavy atom. The van der Waals surface area contributed by atoms with Crippen molar-refractivity contribution in [3.8, 4) is 0 Å². The Bertz CT molecular complexity index is 464. The number of rotatable bonds is 7. The largest absolute Gasteiger partial charge is 0.381 e. The van der Waals surface area contributed by atoms with E-state index in [9.17, 15) is 13.6 Å².